The van der Waals surface area contributed by atoms with Crippen molar-refractivity contribution in [3.63, 3.8) is 0 Å². The van der Waals surface area contributed by atoms with Crippen molar-refractivity contribution in [2.24, 2.45) is 11.7 Å². The lowest BCUT2D eigenvalue weighted by Crippen LogP contribution is -2.54. The van der Waals surface area contributed by atoms with Gasteiger partial charge < -0.3 is 20.1 Å². The molecule has 0 unspecified atom stereocenters. The van der Waals surface area contributed by atoms with Crippen LogP contribution in [0.25, 0.3) is 0 Å². The molecule has 35 heavy (non-hydrogen) atoms. The molecule has 1 saturated heterocycles. The molecular formula is C27H42N4O4. The first kappa shape index (κ1) is 27.0. The molecule has 1 heterocycles. The lowest BCUT2D eigenvalue weighted by molar-refractivity contribution is -0.143. The first-order chi connectivity index (χ1) is 17.0. The Labute approximate surface area is 209 Å². The summed E-state index contributed by atoms with van der Waals surface area (Å²) in [5, 5.41) is 10.7. The molecule has 1 aromatic carbocycles. The summed E-state index contributed by atoms with van der Waals surface area (Å²) in [5.41, 5.74) is 6.18. The zero-order valence-corrected chi connectivity index (χ0v) is 21.1. The van der Waals surface area contributed by atoms with Gasteiger partial charge in [-0.15, -0.1) is 0 Å². The van der Waals surface area contributed by atoms with Crippen LogP contribution in [0.4, 0.5) is 0 Å². The van der Waals surface area contributed by atoms with E-state index in [4.69, 9.17) is 20.6 Å². The van der Waals surface area contributed by atoms with E-state index in [0.717, 1.165) is 57.2 Å². The van der Waals surface area contributed by atoms with Crippen molar-refractivity contribution in [1.82, 2.24) is 10.2 Å². The zero-order chi connectivity index (χ0) is 25.0. The highest BCUT2D eigenvalue weighted by molar-refractivity contribution is 5.94. The van der Waals surface area contributed by atoms with Gasteiger partial charge in [-0.2, -0.15) is 0 Å². The number of ether oxygens (including phenoxy) is 2. The molecule has 1 aliphatic carbocycles. The van der Waals surface area contributed by atoms with Gasteiger partial charge in [0.05, 0.1) is 25.8 Å². The Morgan fingerprint density at radius 3 is 2.51 bits per heavy atom. The quantitative estimate of drug-likeness (QED) is 0.236. The van der Waals surface area contributed by atoms with Crippen molar-refractivity contribution in [3.8, 4) is 5.75 Å². The molecule has 8 nitrogen and oxygen atoms in total. The van der Waals surface area contributed by atoms with E-state index >= 15 is 0 Å². The molecule has 1 amide bonds. The van der Waals surface area contributed by atoms with Crippen LogP contribution >= 0.6 is 0 Å². The fourth-order valence-electron chi connectivity index (χ4n) is 5.28. The molecule has 2 fully saturated rings. The minimum atomic E-state index is -0.358. The molecule has 0 spiro atoms. The number of hydrogen-bond acceptors (Lipinski definition) is 6. The summed E-state index contributed by atoms with van der Waals surface area (Å²) in [4.78, 5) is 27.7. The van der Waals surface area contributed by atoms with Gasteiger partial charge in [0.25, 0.3) is 0 Å². The average molecular weight is 487 g/mol. The van der Waals surface area contributed by atoms with Gasteiger partial charge in [0.2, 0.25) is 5.91 Å². The van der Waals surface area contributed by atoms with Crippen molar-refractivity contribution in [3.05, 3.63) is 29.8 Å². The number of piperidine rings is 1. The fraction of sp³-hybridized carbons (Fsp3) is 0.667. The van der Waals surface area contributed by atoms with Crippen molar-refractivity contribution in [2.75, 3.05) is 26.3 Å². The number of benzene rings is 1. The number of nitrogens with one attached hydrogen (secondary N) is 2. The Hall–Kier alpha value is -2.61. The highest BCUT2D eigenvalue weighted by Crippen LogP contribution is 2.29. The summed E-state index contributed by atoms with van der Waals surface area (Å²) in [6.07, 6.45) is 10.6. The van der Waals surface area contributed by atoms with E-state index in [1.165, 1.54) is 19.3 Å². The van der Waals surface area contributed by atoms with Gasteiger partial charge in [0.1, 0.15) is 11.6 Å². The number of carbonyl (C=O) groups excluding carboxylic acids is 2. The van der Waals surface area contributed by atoms with Crippen LogP contribution in [0.3, 0.4) is 0 Å². The summed E-state index contributed by atoms with van der Waals surface area (Å²) in [6.45, 7) is 3.46. The molecule has 0 bridgehead atoms. The molecule has 2 atom stereocenters. The Kier molecular flexibility index (Phi) is 10.8. The molecule has 1 saturated carbocycles. The molecule has 1 aliphatic heterocycles. The second-order valence-corrected chi connectivity index (χ2v) is 9.73. The minimum absolute atomic E-state index is 0.0345. The summed E-state index contributed by atoms with van der Waals surface area (Å²) in [5.74, 6) is 1.09. The van der Waals surface area contributed by atoms with Crippen LogP contribution in [-0.4, -0.2) is 61.0 Å². The van der Waals surface area contributed by atoms with Crippen LogP contribution in [0.5, 0.6) is 5.75 Å². The number of rotatable bonds is 12. The number of nitrogen functional groups attached to an aromatic ring is 1. The SMILES string of the molecule is CCOC(=O)CN[C@H](CC1CCCCC1)C(=O)N1CCCC[C@H]1CCOc1ccc(C(=N)N)cc1. The summed E-state index contributed by atoms with van der Waals surface area (Å²) in [6, 6.07) is 6.97. The maximum absolute atomic E-state index is 13.7. The summed E-state index contributed by atoms with van der Waals surface area (Å²) >= 11 is 0. The fourth-order valence-corrected chi connectivity index (χ4v) is 5.28. The molecule has 0 radical (unpaired) electrons. The predicted octanol–water partition coefficient (Wildman–Crippen LogP) is 3.61. The average Bonchev–Trinajstić information content (AvgIpc) is 2.87. The number of nitrogens with zero attached hydrogens (tertiary/aromatic N) is 1. The van der Waals surface area contributed by atoms with E-state index in [1.54, 1.807) is 19.1 Å². The molecule has 4 N–H and O–H groups in total. The standard InChI is InChI=1S/C27H42N4O4/c1-2-34-25(32)19-30-24(18-20-8-4-3-5-9-20)27(33)31-16-7-6-10-22(31)15-17-35-23-13-11-21(12-14-23)26(28)29/h11-14,20,22,24,30H,2-10,15-19H2,1H3,(H3,28,29)/t22-,24+/m0/s1. The molecular weight excluding hydrogens is 444 g/mol. The lowest BCUT2D eigenvalue weighted by atomic mass is 9.84. The molecule has 3 rings (SSSR count). The van der Waals surface area contributed by atoms with E-state index in [1.807, 2.05) is 17.0 Å². The van der Waals surface area contributed by atoms with Gasteiger partial charge in [-0.3, -0.25) is 20.3 Å². The Bertz CT molecular complexity index is 823. The number of nitrogens with two attached hydrogens (primary N) is 1. The predicted molar refractivity (Wildman–Crippen MR) is 137 cm³/mol. The Morgan fingerprint density at radius 1 is 1.11 bits per heavy atom. The van der Waals surface area contributed by atoms with E-state index in [2.05, 4.69) is 5.32 Å². The topological polar surface area (TPSA) is 118 Å². The Balaban J connectivity index is 1.59. The van der Waals surface area contributed by atoms with Crippen molar-refractivity contribution in [1.29, 1.82) is 5.41 Å². The van der Waals surface area contributed by atoms with Crippen molar-refractivity contribution in [2.45, 2.75) is 83.2 Å². The molecule has 8 heteroatoms. The van der Waals surface area contributed by atoms with E-state index in [0.29, 0.717) is 24.7 Å². The van der Waals surface area contributed by atoms with E-state index in [9.17, 15) is 9.59 Å². The van der Waals surface area contributed by atoms with Gasteiger partial charge in [-0.25, -0.2) is 0 Å². The van der Waals surface area contributed by atoms with Gasteiger partial charge in [-0.05, 0) is 62.8 Å². The van der Waals surface area contributed by atoms with Gasteiger partial charge >= 0.3 is 5.97 Å². The van der Waals surface area contributed by atoms with Gasteiger partial charge in [0, 0.05) is 24.6 Å². The number of amidine groups is 1. The molecule has 0 aromatic heterocycles. The summed E-state index contributed by atoms with van der Waals surface area (Å²) < 4.78 is 11.0. The third-order valence-corrected chi connectivity index (χ3v) is 7.19. The third-order valence-electron chi connectivity index (χ3n) is 7.19. The highest BCUT2D eigenvalue weighted by Gasteiger charge is 2.33. The normalized spacial score (nSPS) is 19.7. The highest BCUT2D eigenvalue weighted by atomic mass is 16.5. The van der Waals surface area contributed by atoms with Crippen molar-refractivity contribution >= 4 is 17.7 Å². The van der Waals surface area contributed by atoms with Gasteiger partial charge in [0.15, 0.2) is 0 Å². The van der Waals surface area contributed by atoms with Crippen LogP contribution in [0.1, 0.15) is 76.7 Å². The third kappa shape index (κ3) is 8.53. The smallest absolute Gasteiger partial charge is 0.319 e. The van der Waals surface area contributed by atoms with E-state index in [-0.39, 0.29) is 36.3 Å². The molecule has 194 valence electrons. The molecule has 2 aliphatic rings. The lowest BCUT2D eigenvalue weighted by Gasteiger charge is -2.39. The first-order valence-corrected chi connectivity index (χ1v) is 13.2. The second kappa shape index (κ2) is 14.1. The maximum Gasteiger partial charge on any atom is 0.319 e. The molecule has 1 aromatic rings. The van der Waals surface area contributed by atoms with Crippen LogP contribution < -0.4 is 15.8 Å². The first-order valence-electron chi connectivity index (χ1n) is 13.2. The number of esters is 1. The number of carbonyl (C=O) groups is 2. The van der Waals surface area contributed by atoms with Crippen LogP contribution in [0, 0.1) is 11.3 Å². The van der Waals surface area contributed by atoms with Crippen LogP contribution in [0.2, 0.25) is 0 Å². The monoisotopic (exact) mass is 486 g/mol. The number of likely N-dealkylation sites (tertiary alicyclic amines) is 1. The van der Waals surface area contributed by atoms with Gasteiger partial charge in [-0.1, -0.05) is 32.1 Å². The van der Waals surface area contributed by atoms with Crippen LogP contribution in [-0.2, 0) is 14.3 Å². The summed E-state index contributed by atoms with van der Waals surface area (Å²) in [7, 11) is 0. The second-order valence-electron chi connectivity index (χ2n) is 9.73. The Morgan fingerprint density at radius 2 is 1.83 bits per heavy atom. The zero-order valence-electron chi connectivity index (χ0n) is 21.1. The largest absolute Gasteiger partial charge is 0.494 e. The maximum atomic E-state index is 13.7. The number of amides is 1. The van der Waals surface area contributed by atoms with Crippen molar-refractivity contribution < 1.29 is 19.1 Å². The number of hydrogen-bond donors (Lipinski definition) is 3. The van der Waals surface area contributed by atoms with E-state index < -0.39 is 0 Å². The van der Waals surface area contributed by atoms with Crippen LogP contribution in [0.15, 0.2) is 24.3 Å². The minimum Gasteiger partial charge on any atom is -0.494 e.